The SMILES string of the molecule is CC(=O)c1cccc(S(=O)(=O)N2CCS(=O)(=O)CC2)c1. The third kappa shape index (κ3) is 3.08. The van der Waals surface area contributed by atoms with Crippen molar-refractivity contribution in [3.05, 3.63) is 29.8 Å². The first-order valence-electron chi connectivity index (χ1n) is 6.04. The Morgan fingerprint density at radius 3 is 2.35 bits per heavy atom. The number of ketones is 1. The van der Waals surface area contributed by atoms with Crippen LogP contribution in [0, 0.1) is 0 Å². The van der Waals surface area contributed by atoms with Crippen LogP contribution in [-0.4, -0.2) is 51.5 Å². The number of carbonyl (C=O) groups is 1. The molecule has 0 atom stereocenters. The molecule has 0 saturated carbocycles. The Morgan fingerprint density at radius 2 is 1.80 bits per heavy atom. The molecule has 1 aromatic rings. The maximum atomic E-state index is 12.4. The van der Waals surface area contributed by atoms with Crippen molar-refractivity contribution in [2.45, 2.75) is 11.8 Å². The van der Waals surface area contributed by atoms with Crippen LogP contribution in [0.2, 0.25) is 0 Å². The molecule has 1 saturated heterocycles. The molecule has 1 heterocycles. The lowest BCUT2D eigenvalue weighted by molar-refractivity contribution is 0.101. The molecule has 0 bridgehead atoms. The number of sulfonamides is 1. The van der Waals surface area contributed by atoms with Gasteiger partial charge in [-0.25, -0.2) is 16.8 Å². The Balaban J connectivity index is 2.32. The van der Waals surface area contributed by atoms with E-state index in [0.717, 1.165) is 4.31 Å². The fourth-order valence-corrected chi connectivity index (χ4v) is 4.88. The van der Waals surface area contributed by atoms with Gasteiger partial charge in [0.25, 0.3) is 0 Å². The molecule has 110 valence electrons. The minimum absolute atomic E-state index is 0.0181. The van der Waals surface area contributed by atoms with Gasteiger partial charge in [-0.2, -0.15) is 4.31 Å². The monoisotopic (exact) mass is 317 g/mol. The van der Waals surface area contributed by atoms with Crippen LogP contribution < -0.4 is 0 Å². The molecule has 0 N–H and O–H groups in total. The molecule has 0 amide bonds. The Morgan fingerprint density at radius 1 is 1.20 bits per heavy atom. The molecule has 1 aromatic carbocycles. The number of sulfone groups is 1. The van der Waals surface area contributed by atoms with Crippen molar-refractivity contribution in [2.75, 3.05) is 24.6 Å². The Bertz CT molecular complexity index is 723. The van der Waals surface area contributed by atoms with Gasteiger partial charge in [-0.3, -0.25) is 4.79 Å². The number of nitrogens with zero attached hydrogens (tertiary/aromatic N) is 1. The van der Waals surface area contributed by atoms with E-state index in [0.29, 0.717) is 5.56 Å². The maximum Gasteiger partial charge on any atom is 0.243 e. The van der Waals surface area contributed by atoms with Crippen LogP contribution in [0.5, 0.6) is 0 Å². The van der Waals surface area contributed by atoms with E-state index in [1.165, 1.54) is 25.1 Å². The van der Waals surface area contributed by atoms with Crippen molar-refractivity contribution in [3.8, 4) is 0 Å². The van der Waals surface area contributed by atoms with Crippen LogP contribution in [0.1, 0.15) is 17.3 Å². The summed E-state index contributed by atoms with van der Waals surface area (Å²) in [6.07, 6.45) is 0. The lowest BCUT2D eigenvalue weighted by Crippen LogP contribution is -2.43. The Hall–Kier alpha value is -1.25. The number of rotatable bonds is 3. The van der Waals surface area contributed by atoms with E-state index in [2.05, 4.69) is 0 Å². The zero-order chi connectivity index (χ0) is 15.0. The van der Waals surface area contributed by atoms with Gasteiger partial charge in [0.05, 0.1) is 16.4 Å². The summed E-state index contributed by atoms with van der Waals surface area (Å²) in [5.74, 6) is -0.555. The molecule has 0 spiro atoms. The average molecular weight is 317 g/mol. The highest BCUT2D eigenvalue weighted by atomic mass is 32.2. The van der Waals surface area contributed by atoms with Gasteiger partial charge < -0.3 is 0 Å². The van der Waals surface area contributed by atoms with Gasteiger partial charge in [-0.05, 0) is 19.1 Å². The van der Waals surface area contributed by atoms with Crippen LogP contribution in [0.4, 0.5) is 0 Å². The first-order valence-corrected chi connectivity index (χ1v) is 9.30. The van der Waals surface area contributed by atoms with E-state index in [4.69, 9.17) is 0 Å². The minimum Gasteiger partial charge on any atom is -0.295 e. The van der Waals surface area contributed by atoms with E-state index >= 15 is 0 Å². The van der Waals surface area contributed by atoms with Gasteiger partial charge in [-0.1, -0.05) is 12.1 Å². The lowest BCUT2D eigenvalue weighted by Gasteiger charge is -2.26. The zero-order valence-electron chi connectivity index (χ0n) is 10.9. The molecule has 2 rings (SSSR count). The third-order valence-electron chi connectivity index (χ3n) is 3.18. The van der Waals surface area contributed by atoms with E-state index in [1.807, 2.05) is 0 Å². The van der Waals surface area contributed by atoms with Crippen molar-refractivity contribution in [1.29, 1.82) is 0 Å². The highest BCUT2D eigenvalue weighted by Crippen LogP contribution is 2.19. The van der Waals surface area contributed by atoms with E-state index in [9.17, 15) is 21.6 Å². The third-order valence-corrected chi connectivity index (χ3v) is 6.69. The predicted molar refractivity (Wildman–Crippen MR) is 73.9 cm³/mol. The van der Waals surface area contributed by atoms with Crippen molar-refractivity contribution < 1.29 is 21.6 Å². The molecule has 8 heteroatoms. The second-order valence-corrected chi connectivity index (χ2v) is 8.88. The normalized spacial score (nSPS) is 19.6. The summed E-state index contributed by atoms with van der Waals surface area (Å²) in [6, 6.07) is 5.78. The van der Waals surface area contributed by atoms with Crippen LogP contribution in [0.15, 0.2) is 29.2 Å². The number of hydrogen-bond acceptors (Lipinski definition) is 5. The quantitative estimate of drug-likeness (QED) is 0.749. The summed E-state index contributed by atoms with van der Waals surface area (Å²) in [5.41, 5.74) is 0.315. The molecular weight excluding hydrogens is 302 g/mol. The molecule has 0 unspecified atom stereocenters. The topological polar surface area (TPSA) is 88.6 Å². The maximum absolute atomic E-state index is 12.4. The molecular formula is C12H15NO5S2. The smallest absolute Gasteiger partial charge is 0.243 e. The van der Waals surface area contributed by atoms with Gasteiger partial charge >= 0.3 is 0 Å². The van der Waals surface area contributed by atoms with E-state index in [-0.39, 0.29) is 35.3 Å². The van der Waals surface area contributed by atoms with Crippen LogP contribution in [0.25, 0.3) is 0 Å². The number of carbonyl (C=O) groups excluding carboxylic acids is 1. The average Bonchev–Trinajstić information content (AvgIpc) is 2.38. The van der Waals surface area contributed by atoms with Crippen molar-refractivity contribution in [1.82, 2.24) is 4.31 Å². The van der Waals surface area contributed by atoms with Crippen molar-refractivity contribution in [3.63, 3.8) is 0 Å². The van der Waals surface area contributed by atoms with E-state index < -0.39 is 19.9 Å². The molecule has 6 nitrogen and oxygen atoms in total. The summed E-state index contributed by atoms with van der Waals surface area (Å²) >= 11 is 0. The summed E-state index contributed by atoms with van der Waals surface area (Å²) < 4.78 is 48.6. The van der Waals surface area contributed by atoms with E-state index in [1.54, 1.807) is 6.07 Å². The lowest BCUT2D eigenvalue weighted by atomic mass is 10.2. The van der Waals surface area contributed by atoms with Gasteiger partial charge in [0, 0.05) is 18.7 Å². The highest BCUT2D eigenvalue weighted by molar-refractivity contribution is 7.92. The second-order valence-electron chi connectivity index (χ2n) is 4.64. The largest absolute Gasteiger partial charge is 0.295 e. The number of benzene rings is 1. The van der Waals surface area contributed by atoms with Crippen LogP contribution >= 0.6 is 0 Å². The minimum atomic E-state index is -3.75. The summed E-state index contributed by atoms with van der Waals surface area (Å²) in [4.78, 5) is 11.3. The molecule has 1 aliphatic heterocycles. The molecule has 1 fully saturated rings. The number of hydrogen-bond donors (Lipinski definition) is 0. The summed E-state index contributed by atoms with van der Waals surface area (Å²) in [6.45, 7) is 1.27. The zero-order valence-corrected chi connectivity index (χ0v) is 12.6. The van der Waals surface area contributed by atoms with Crippen LogP contribution in [0.3, 0.4) is 0 Å². The van der Waals surface area contributed by atoms with Crippen LogP contribution in [-0.2, 0) is 19.9 Å². The fourth-order valence-electron chi connectivity index (χ4n) is 1.96. The summed E-state index contributed by atoms with van der Waals surface area (Å²) in [5, 5.41) is 0. The first kappa shape index (κ1) is 15.1. The van der Waals surface area contributed by atoms with Crippen molar-refractivity contribution in [2.24, 2.45) is 0 Å². The van der Waals surface area contributed by atoms with Crippen molar-refractivity contribution >= 4 is 25.6 Å². The first-order chi connectivity index (χ1) is 9.22. The molecule has 1 aliphatic rings. The Labute approximate surface area is 118 Å². The fraction of sp³-hybridized carbons (Fsp3) is 0.417. The summed E-state index contributed by atoms with van der Waals surface area (Å²) in [7, 11) is -6.89. The molecule has 0 aliphatic carbocycles. The van der Waals surface area contributed by atoms with Gasteiger partial charge in [0.1, 0.15) is 0 Å². The predicted octanol–water partition coefficient (Wildman–Crippen LogP) is 0.308. The van der Waals surface area contributed by atoms with Gasteiger partial charge in [-0.15, -0.1) is 0 Å². The molecule has 20 heavy (non-hydrogen) atoms. The Kier molecular flexibility index (Phi) is 3.99. The molecule has 0 aromatic heterocycles. The van der Waals surface area contributed by atoms with Gasteiger partial charge in [0.15, 0.2) is 15.6 Å². The molecule has 0 radical (unpaired) electrons. The second kappa shape index (κ2) is 5.27. The number of Topliss-reactive ketones (excluding diaryl/α,β-unsaturated/α-hetero) is 1. The standard InChI is InChI=1S/C12H15NO5S2/c1-10(14)11-3-2-4-12(9-11)20(17,18)13-5-7-19(15,16)8-6-13/h2-4,9H,5-8H2,1H3. The highest BCUT2D eigenvalue weighted by Gasteiger charge is 2.31. The van der Waals surface area contributed by atoms with Gasteiger partial charge in [0.2, 0.25) is 10.0 Å².